The van der Waals surface area contributed by atoms with Crippen molar-refractivity contribution < 1.29 is 22.7 Å². The van der Waals surface area contributed by atoms with Gasteiger partial charge in [-0.05, 0) is 55.8 Å². The molecule has 0 saturated heterocycles. The van der Waals surface area contributed by atoms with Crippen LogP contribution in [0.3, 0.4) is 0 Å². The first-order valence-electron chi connectivity index (χ1n) is 9.06. The van der Waals surface area contributed by atoms with Gasteiger partial charge in [-0.25, -0.2) is 18.2 Å². The topological polar surface area (TPSA) is 63.2 Å². The van der Waals surface area contributed by atoms with Crippen molar-refractivity contribution in [1.29, 1.82) is 0 Å². The Morgan fingerprint density at radius 1 is 1.00 bits per heavy atom. The van der Waals surface area contributed by atoms with E-state index in [2.05, 4.69) is 15.6 Å². The lowest BCUT2D eigenvalue weighted by Gasteiger charge is -2.16. The molecule has 2 aromatic carbocycles. The van der Waals surface area contributed by atoms with Crippen LogP contribution in [0.2, 0.25) is 0 Å². The summed E-state index contributed by atoms with van der Waals surface area (Å²) in [7, 11) is 1.49. The third kappa shape index (κ3) is 4.71. The number of alkyl halides is 2. The van der Waals surface area contributed by atoms with Gasteiger partial charge in [0.05, 0.1) is 29.7 Å². The van der Waals surface area contributed by atoms with Gasteiger partial charge in [0.2, 0.25) is 5.88 Å². The zero-order chi connectivity index (χ0) is 21.8. The number of methoxy groups -OCH3 is 1. The van der Waals surface area contributed by atoms with Crippen LogP contribution in [0.25, 0.3) is 0 Å². The number of pyridine rings is 1. The highest BCUT2D eigenvalue weighted by molar-refractivity contribution is 6.08. The van der Waals surface area contributed by atoms with Crippen molar-refractivity contribution in [2.45, 2.75) is 20.3 Å². The molecule has 0 fully saturated rings. The zero-order valence-corrected chi connectivity index (χ0v) is 16.6. The van der Waals surface area contributed by atoms with Gasteiger partial charge in [0.15, 0.2) is 0 Å². The largest absolute Gasteiger partial charge is 0.481 e. The van der Waals surface area contributed by atoms with E-state index in [-0.39, 0.29) is 16.8 Å². The fraction of sp³-hybridized carbons (Fsp3) is 0.182. The molecular formula is C22H20F3N3O2. The van der Waals surface area contributed by atoms with Crippen molar-refractivity contribution in [3.63, 3.8) is 0 Å². The number of benzene rings is 2. The van der Waals surface area contributed by atoms with E-state index in [9.17, 15) is 18.0 Å². The third-order valence-corrected chi connectivity index (χ3v) is 4.52. The van der Waals surface area contributed by atoms with Gasteiger partial charge in [0.1, 0.15) is 5.82 Å². The number of carbonyl (C=O) groups excluding carboxylic acids is 1. The van der Waals surface area contributed by atoms with Crippen molar-refractivity contribution in [2.24, 2.45) is 0 Å². The molecule has 0 aliphatic carbocycles. The minimum Gasteiger partial charge on any atom is -0.481 e. The molecule has 1 heterocycles. The number of amides is 1. The molecule has 3 aromatic rings. The van der Waals surface area contributed by atoms with Gasteiger partial charge >= 0.3 is 0 Å². The Labute approximate surface area is 171 Å². The molecule has 0 atom stereocenters. The number of halogens is 3. The summed E-state index contributed by atoms with van der Waals surface area (Å²) in [6, 6.07) is 11.0. The van der Waals surface area contributed by atoms with Gasteiger partial charge in [-0.3, -0.25) is 4.79 Å². The molecule has 0 bridgehead atoms. The van der Waals surface area contributed by atoms with Crippen molar-refractivity contribution in [1.82, 2.24) is 4.98 Å². The first kappa shape index (κ1) is 21.2. The summed E-state index contributed by atoms with van der Waals surface area (Å²) >= 11 is 0. The Morgan fingerprint density at radius 2 is 1.73 bits per heavy atom. The zero-order valence-electron chi connectivity index (χ0n) is 16.6. The molecule has 0 spiro atoms. The van der Waals surface area contributed by atoms with Crippen LogP contribution in [-0.2, 0) is 0 Å². The smallest absolute Gasteiger partial charge is 0.263 e. The molecule has 0 radical (unpaired) electrons. The summed E-state index contributed by atoms with van der Waals surface area (Å²) in [6.45, 7) is 3.38. The van der Waals surface area contributed by atoms with Crippen molar-refractivity contribution >= 4 is 23.0 Å². The molecule has 3 rings (SSSR count). The molecule has 2 N–H and O–H groups in total. The maximum Gasteiger partial charge on any atom is 0.263 e. The molecule has 0 saturated carbocycles. The average molecular weight is 415 g/mol. The highest BCUT2D eigenvalue weighted by Gasteiger charge is 2.17. The lowest BCUT2D eigenvalue weighted by molar-refractivity contribution is 0.102. The second-order valence-electron chi connectivity index (χ2n) is 6.63. The van der Waals surface area contributed by atoms with Gasteiger partial charge in [0.25, 0.3) is 12.3 Å². The normalized spacial score (nSPS) is 10.8. The quantitative estimate of drug-likeness (QED) is 0.536. The number of nitrogens with zero attached hydrogens (tertiary/aromatic N) is 1. The van der Waals surface area contributed by atoms with Crippen molar-refractivity contribution in [3.8, 4) is 5.88 Å². The van der Waals surface area contributed by atoms with Crippen LogP contribution in [0.15, 0.2) is 48.5 Å². The predicted molar refractivity (Wildman–Crippen MR) is 109 cm³/mol. The van der Waals surface area contributed by atoms with Gasteiger partial charge in [-0.15, -0.1) is 0 Å². The first-order valence-corrected chi connectivity index (χ1v) is 9.06. The van der Waals surface area contributed by atoms with Crippen LogP contribution in [0.5, 0.6) is 5.88 Å². The van der Waals surface area contributed by atoms with E-state index in [0.29, 0.717) is 28.5 Å². The number of ether oxygens (including phenoxy) is 1. The van der Waals surface area contributed by atoms with Gasteiger partial charge in [-0.1, -0.05) is 6.07 Å². The second kappa shape index (κ2) is 8.86. The van der Waals surface area contributed by atoms with Crippen LogP contribution in [0.1, 0.15) is 33.6 Å². The molecular weight excluding hydrogens is 395 g/mol. The maximum absolute atomic E-state index is 13.4. The van der Waals surface area contributed by atoms with Gasteiger partial charge in [0, 0.05) is 17.3 Å². The fourth-order valence-electron chi connectivity index (χ4n) is 2.88. The van der Waals surface area contributed by atoms with Crippen LogP contribution in [0, 0.1) is 19.7 Å². The lowest BCUT2D eigenvalue weighted by Crippen LogP contribution is -2.15. The Kier molecular flexibility index (Phi) is 6.25. The Morgan fingerprint density at radius 3 is 2.37 bits per heavy atom. The van der Waals surface area contributed by atoms with E-state index in [0.717, 1.165) is 0 Å². The monoisotopic (exact) mass is 415 g/mol. The molecule has 8 heteroatoms. The fourth-order valence-corrected chi connectivity index (χ4v) is 2.88. The highest BCUT2D eigenvalue weighted by atomic mass is 19.3. The summed E-state index contributed by atoms with van der Waals surface area (Å²) in [5, 5.41) is 5.70. The number of aryl methyl sites for hydroxylation is 2. The van der Waals surface area contributed by atoms with Gasteiger partial charge in [-0.2, -0.15) is 0 Å². The van der Waals surface area contributed by atoms with Crippen molar-refractivity contribution in [3.05, 3.63) is 76.7 Å². The summed E-state index contributed by atoms with van der Waals surface area (Å²) in [5.74, 6) is -0.520. The number of hydrogen-bond acceptors (Lipinski definition) is 4. The number of anilines is 3. The molecule has 1 aromatic heterocycles. The minimum atomic E-state index is -2.70. The van der Waals surface area contributed by atoms with E-state index in [1.807, 2.05) is 0 Å². The number of rotatable bonds is 6. The third-order valence-electron chi connectivity index (χ3n) is 4.52. The first-order chi connectivity index (χ1) is 14.3. The van der Waals surface area contributed by atoms with Crippen LogP contribution >= 0.6 is 0 Å². The maximum atomic E-state index is 13.4. The van der Waals surface area contributed by atoms with E-state index in [1.165, 1.54) is 43.5 Å². The Balaban J connectivity index is 1.95. The number of nitrogens with one attached hydrogen (secondary N) is 2. The summed E-state index contributed by atoms with van der Waals surface area (Å²) < 4.78 is 44.9. The number of aromatic nitrogens is 1. The van der Waals surface area contributed by atoms with E-state index >= 15 is 0 Å². The van der Waals surface area contributed by atoms with E-state index < -0.39 is 18.1 Å². The van der Waals surface area contributed by atoms with Crippen molar-refractivity contribution in [2.75, 3.05) is 17.7 Å². The SMILES string of the molecule is COc1ccc(NC(=O)c2ccc(C(F)F)cc2Nc2ccc(F)cc2C)c(C)n1. The van der Waals surface area contributed by atoms with E-state index in [4.69, 9.17) is 4.74 Å². The molecule has 0 unspecified atom stereocenters. The summed E-state index contributed by atoms with van der Waals surface area (Å²) in [4.78, 5) is 17.1. The molecule has 0 aliphatic rings. The van der Waals surface area contributed by atoms with Crippen LogP contribution in [-0.4, -0.2) is 18.0 Å². The predicted octanol–water partition coefficient (Wildman–Crippen LogP) is 5.78. The van der Waals surface area contributed by atoms with Crippen LogP contribution < -0.4 is 15.4 Å². The van der Waals surface area contributed by atoms with E-state index in [1.54, 1.807) is 26.0 Å². The lowest BCUT2D eigenvalue weighted by atomic mass is 10.1. The second-order valence-corrected chi connectivity index (χ2v) is 6.63. The Hall–Kier alpha value is -3.55. The molecule has 1 amide bonds. The Bertz CT molecular complexity index is 1090. The summed E-state index contributed by atoms with van der Waals surface area (Å²) in [6.07, 6.45) is -2.70. The molecule has 0 aliphatic heterocycles. The van der Waals surface area contributed by atoms with Crippen LogP contribution in [0.4, 0.5) is 30.2 Å². The average Bonchev–Trinajstić information content (AvgIpc) is 2.71. The number of hydrogen-bond donors (Lipinski definition) is 2. The molecule has 30 heavy (non-hydrogen) atoms. The molecule has 5 nitrogen and oxygen atoms in total. The summed E-state index contributed by atoms with van der Waals surface area (Å²) in [5.41, 5.74) is 2.16. The highest BCUT2D eigenvalue weighted by Crippen LogP contribution is 2.30. The molecule has 156 valence electrons. The van der Waals surface area contributed by atoms with Gasteiger partial charge < -0.3 is 15.4 Å². The number of carbonyl (C=O) groups is 1. The standard InChI is InChI=1S/C22H20F3N3O2/c1-12-10-15(23)5-7-17(12)27-19-11-14(21(24)25)4-6-16(19)22(29)28-18-8-9-20(30-3)26-13(18)2/h4-11,21,27H,1-3H3,(H,28,29). The minimum absolute atomic E-state index is 0.151.